The summed E-state index contributed by atoms with van der Waals surface area (Å²) < 4.78 is 13.1. The van der Waals surface area contributed by atoms with Gasteiger partial charge in [-0.2, -0.15) is 0 Å². The summed E-state index contributed by atoms with van der Waals surface area (Å²) in [6.07, 6.45) is 1.02. The van der Waals surface area contributed by atoms with E-state index in [-0.39, 0.29) is 5.82 Å². The molecule has 0 heterocycles. The number of benzene rings is 1. The smallest absolute Gasteiger partial charge is 0.125 e. The number of rotatable bonds is 4. The average molecular weight is 210 g/mol. The summed E-state index contributed by atoms with van der Waals surface area (Å²) in [4.78, 5) is 2.12. The highest BCUT2D eigenvalue weighted by Gasteiger charge is 2.14. The van der Waals surface area contributed by atoms with E-state index < -0.39 is 0 Å². The Kier molecular flexibility index (Phi) is 3.95. The number of halogens is 1. The van der Waals surface area contributed by atoms with Gasteiger partial charge in [0.2, 0.25) is 0 Å². The number of hydrogen-bond donors (Lipinski definition) is 1. The highest BCUT2D eigenvalue weighted by Crippen LogP contribution is 2.26. The molecule has 84 valence electrons. The minimum absolute atomic E-state index is 0.235. The molecule has 1 rings (SSSR count). The van der Waals surface area contributed by atoms with Gasteiger partial charge in [-0.3, -0.25) is 0 Å². The Hall–Kier alpha value is -1.25. The predicted octanol–water partition coefficient (Wildman–Crippen LogP) is 3.03. The van der Waals surface area contributed by atoms with Gasteiger partial charge in [0.25, 0.3) is 0 Å². The molecule has 1 aromatic rings. The third-order valence-electron chi connectivity index (χ3n) is 2.77. The lowest BCUT2D eigenvalue weighted by atomic mass is 10.1. The quantitative estimate of drug-likeness (QED) is 0.774. The number of nitrogens with two attached hydrogens (primary N) is 1. The van der Waals surface area contributed by atoms with Gasteiger partial charge in [-0.25, -0.2) is 4.39 Å². The van der Waals surface area contributed by atoms with Gasteiger partial charge in [-0.1, -0.05) is 6.92 Å². The molecule has 15 heavy (non-hydrogen) atoms. The topological polar surface area (TPSA) is 29.3 Å². The molecule has 0 radical (unpaired) electrons. The molecule has 1 unspecified atom stereocenters. The van der Waals surface area contributed by atoms with Gasteiger partial charge in [0.05, 0.1) is 11.4 Å². The molecule has 1 aromatic carbocycles. The number of anilines is 2. The van der Waals surface area contributed by atoms with Crippen molar-refractivity contribution in [3.63, 3.8) is 0 Å². The minimum atomic E-state index is -0.235. The van der Waals surface area contributed by atoms with Crippen molar-refractivity contribution in [3.8, 4) is 0 Å². The van der Waals surface area contributed by atoms with Gasteiger partial charge in [0.1, 0.15) is 5.82 Å². The van der Waals surface area contributed by atoms with Crippen molar-refractivity contribution in [1.82, 2.24) is 0 Å². The maximum Gasteiger partial charge on any atom is 0.125 e. The Balaban J connectivity index is 3.05. The zero-order valence-electron chi connectivity index (χ0n) is 9.63. The lowest BCUT2D eigenvalue weighted by Gasteiger charge is -2.30. The second-order valence-corrected chi connectivity index (χ2v) is 3.75. The van der Waals surface area contributed by atoms with Gasteiger partial charge in [-0.15, -0.1) is 0 Å². The summed E-state index contributed by atoms with van der Waals surface area (Å²) in [5.41, 5.74) is 7.29. The van der Waals surface area contributed by atoms with Gasteiger partial charge in [0, 0.05) is 12.6 Å². The minimum Gasteiger partial charge on any atom is -0.397 e. The van der Waals surface area contributed by atoms with Crippen molar-refractivity contribution in [1.29, 1.82) is 0 Å². The molecule has 0 saturated heterocycles. The molecule has 0 amide bonds. The lowest BCUT2D eigenvalue weighted by Crippen LogP contribution is -2.32. The van der Waals surface area contributed by atoms with E-state index >= 15 is 0 Å². The van der Waals surface area contributed by atoms with E-state index in [0.717, 1.165) is 18.7 Å². The molecule has 0 aromatic heterocycles. The first-order valence-corrected chi connectivity index (χ1v) is 5.41. The van der Waals surface area contributed by atoms with Crippen LogP contribution < -0.4 is 10.6 Å². The van der Waals surface area contributed by atoms with E-state index in [1.807, 2.05) is 0 Å². The van der Waals surface area contributed by atoms with E-state index in [4.69, 9.17) is 5.73 Å². The zero-order chi connectivity index (χ0) is 11.4. The van der Waals surface area contributed by atoms with Crippen molar-refractivity contribution in [2.75, 3.05) is 17.2 Å². The Morgan fingerprint density at radius 2 is 2.07 bits per heavy atom. The van der Waals surface area contributed by atoms with Gasteiger partial charge >= 0.3 is 0 Å². The van der Waals surface area contributed by atoms with Crippen LogP contribution in [0, 0.1) is 5.82 Å². The van der Waals surface area contributed by atoms with Crippen LogP contribution >= 0.6 is 0 Å². The first kappa shape index (κ1) is 11.8. The fourth-order valence-electron chi connectivity index (χ4n) is 1.71. The van der Waals surface area contributed by atoms with E-state index in [1.165, 1.54) is 12.1 Å². The maximum atomic E-state index is 13.1. The number of nitrogens with zero attached hydrogens (tertiary/aromatic N) is 1. The third-order valence-corrected chi connectivity index (χ3v) is 2.77. The lowest BCUT2D eigenvalue weighted by molar-refractivity contribution is 0.612. The maximum absolute atomic E-state index is 13.1. The van der Waals surface area contributed by atoms with Crippen molar-refractivity contribution in [2.24, 2.45) is 0 Å². The second kappa shape index (κ2) is 5.01. The average Bonchev–Trinajstić information content (AvgIpc) is 2.23. The molecule has 0 fully saturated rings. The molecule has 2 nitrogen and oxygen atoms in total. The van der Waals surface area contributed by atoms with Crippen molar-refractivity contribution < 1.29 is 4.39 Å². The van der Waals surface area contributed by atoms with E-state index in [2.05, 4.69) is 25.7 Å². The molecule has 0 aliphatic rings. The van der Waals surface area contributed by atoms with Gasteiger partial charge < -0.3 is 10.6 Å². The Morgan fingerprint density at radius 1 is 1.40 bits per heavy atom. The highest BCUT2D eigenvalue weighted by atomic mass is 19.1. The Morgan fingerprint density at radius 3 is 2.60 bits per heavy atom. The number of nitrogen functional groups attached to an aromatic ring is 1. The van der Waals surface area contributed by atoms with Crippen molar-refractivity contribution >= 4 is 11.4 Å². The van der Waals surface area contributed by atoms with E-state index in [1.54, 1.807) is 6.07 Å². The Labute approximate surface area is 90.9 Å². The second-order valence-electron chi connectivity index (χ2n) is 3.75. The monoisotopic (exact) mass is 210 g/mol. The van der Waals surface area contributed by atoms with E-state index in [9.17, 15) is 4.39 Å². The molecule has 0 aliphatic heterocycles. The molecule has 1 atom stereocenters. The summed E-state index contributed by atoms with van der Waals surface area (Å²) >= 11 is 0. The van der Waals surface area contributed by atoms with Crippen LogP contribution in [0.4, 0.5) is 15.8 Å². The molecule has 0 bridgehead atoms. The summed E-state index contributed by atoms with van der Waals surface area (Å²) in [7, 11) is 0. The normalized spacial score (nSPS) is 12.5. The summed E-state index contributed by atoms with van der Waals surface area (Å²) in [6.45, 7) is 7.12. The van der Waals surface area contributed by atoms with Crippen LogP contribution in [0.3, 0.4) is 0 Å². The summed E-state index contributed by atoms with van der Waals surface area (Å²) in [5.74, 6) is -0.235. The molecular weight excluding hydrogens is 191 g/mol. The van der Waals surface area contributed by atoms with Crippen LogP contribution in [0.25, 0.3) is 0 Å². The fourth-order valence-corrected chi connectivity index (χ4v) is 1.71. The summed E-state index contributed by atoms with van der Waals surface area (Å²) in [6, 6.07) is 4.89. The van der Waals surface area contributed by atoms with Crippen LogP contribution in [0.15, 0.2) is 18.2 Å². The SMILES string of the molecule is CCC(C)N(CC)c1cc(F)ccc1N. The largest absolute Gasteiger partial charge is 0.397 e. The molecule has 2 N–H and O–H groups in total. The molecule has 3 heteroatoms. The van der Waals surface area contributed by atoms with Gasteiger partial charge in [0.15, 0.2) is 0 Å². The molecular formula is C12H19FN2. The Bertz CT molecular complexity index is 325. The zero-order valence-corrected chi connectivity index (χ0v) is 9.63. The van der Waals surface area contributed by atoms with Crippen molar-refractivity contribution in [2.45, 2.75) is 33.2 Å². The van der Waals surface area contributed by atoms with Crippen LogP contribution in [0.2, 0.25) is 0 Å². The fraction of sp³-hybridized carbons (Fsp3) is 0.500. The van der Waals surface area contributed by atoms with Crippen LogP contribution in [0.1, 0.15) is 27.2 Å². The van der Waals surface area contributed by atoms with Crippen LogP contribution in [-0.2, 0) is 0 Å². The number of hydrogen-bond acceptors (Lipinski definition) is 2. The molecule has 0 aliphatic carbocycles. The van der Waals surface area contributed by atoms with Crippen LogP contribution in [-0.4, -0.2) is 12.6 Å². The molecule has 0 saturated carbocycles. The van der Waals surface area contributed by atoms with E-state index in [0.29, 0.717) is 11.7 Å². The summed E-state index contributed by atoms with van der Waals surface area (Å²) in [5, 5.41) is 0. The molecule has 0 spiro atoms. The highest BCUT2D eigenvalue weighted by molar-refractivity contribution is 5.67. The third kappa shape index (κ3) is 2.61. The van der Waals surface area contributed by atoms with Gasteiger partial charge in [-0.05, 0) is 38.5 Å². The first-order valence-electron chi connectivity index (χ1n) is 5.41. The predicted molar refractivity (Wildman–Crippen MR) is 63.6 cm³/mol. The standard InChI is InChI=1S/C12H19FN2/c1-4-9(3)15(5-2)12-8-10(13)6-7-11(12)14/h6-9H,4-5,14H2,1-3H3. The van der Waals surface area contributed by atoms with Crippen molar-refractivity contribution in [3.05, 3.63) is 24.0 Å². The van der Waals surface area contributed by atoms with Crippen LogP contribution in [0.5, 0.6) is 0 Å². The first-order chi connectivity index (χ1) is 7.10.